The second-order valence-corrected chi connectivity index (χ2v) is 6.30. The van der Waals surface area contributed by atoms with Gasteiger partial charge in [-0.2, -0.15) is 0 Å². The number of aliphatic hydroxyl groups is 3. The monoisotopic (exact) mass is 290 g/mol. The first kappa shape index (κ1) is 15.2. The summed E-state index contributed by atoms with van der Waals surface area (Å²) in [6.45, 7) is 4.48. The van der Waals surface area contributed by atoms with E-state index in [1.54, 1.807) is 24.9 Å². The largest absolute Gasteiger partial charge is 0.391 e. The Morgan fingerprint density at radius 2 is 2.11 bits per heavy atom. The third-order valence-corrected chi connectivity index (χ3v) is 5.09. The van der Waals surface area contributed by atoms with E-state index >= 15 is 0 Å². The lowest BCUT2D eigenvalue weighted by Crippen LogP contribution is -2.60. The first-order valence-corrected chi connectivity index (χ1v) is 7.48. The number of thioether (sulfide) groups is 1. The van der Waals surface area contributed by atoms with Crippen molar-refractivity contribution in [3.63, 3.8) is 0 Å². The summed E-state index contributed by atoms with van der Waals surface area (Å²) in [6, 6.07) is -0.475. The van der Waals surface area contributed by atoms with E-state index in [4.69, 9.17) is 4.74 Å². The number of hydrogen-bond donors (Lipinski definition) is 3. The average Bonchev–Trinajstić information content (AvgIpc) is 2.41. The van der Waals surface area contributed by atoms with Crippen molar-refractivity contribution in [2.75, 3.05) is 13.6 Å². The molecule has 0 amide bonds. The predicted octanol–water partition coefficient (Wildman–Crippen LogP) is -0.722. The van der Waals surface area contributed by atoms with Crippen LogP contribution in [-0.2, 0) is 4.74 Å². The lowest BCUT2D eigenvalue weighted by molar-refractivity contribution is -0.183. The van der Waals surface area contributed by atoms with Crippen molar-refractivity contribution in [2.24, 2.45) is 4.99 Å². The molecule has 1 saturated heterocycles. The molecule has 19 heavy (non-hydrogen) atoms. The zero-order chi connectivity index (χ0) is 14.2. The molecule has 0 aromatic heterocycles. The highest BCUT2D eigenvalue weighted by atomic mass is 32.2. The summed E-state index contributed by atoms with van der Waals surface area (Å²) in [5.41, 5.74) is -0.345. The Morgan fingerprint density at radius 3 is 2.68 bits per heavy atom. The third-order valence-electron chi connectivity index (χ3n) is 3.67. The summed E-state index contributed by atoms with van der Waals surface area (Å²) in [5, 5.41) is 29.7. The van der Waals surface area contributed by atoms with Crippen LogP contribution in [0.15, 0.2) is 4.99 Å². The highest BCUT2D eigenvalue weighted by Crippen LogP contribution is 2.36. The first-order chi connectivity index (χ1) is 8.95. The summed E-state index contributed by atoms with van der Waals surface area (Å²) in [7, 11) is 1.99. The average molecular weight is 290 g/mol. The Morgan fingerprint density at radius 1 is 1.42 bits per heavy atom. The minimum Gasteiger partial charge on any atom is -0.391 e. The van der Waals surface area contributed by atoms with Crippen molar-refractivity contribution >= 4 is 18.0 Å². The van der Waals surface area contributed by atoms with E-state index in [1.807, 2.05) is 7.05 Å². The Balaban J connectivity index is 2.13. The van der Waals surface area contributed by atoms with Gasteiger partial charge in [-0.05, 0) is 20.5 Å². The fourth-order valence-electron chi connectivity index (χ4n) is 2.29. The molecule has 0 spiro atoms. The van der Waals surface area contributed by atoms with E-state index in [1.165, 1.54) is 0 Å². The summed E-state index contributed by atoms with van der Waals surface area (Å²) < 4.78 is 5.72. The van der Waals surface area contributed by atoms with Gasteiger partial charge in [-0.15, -0.1) is 11.8 Å². The molecule has 1 fully saturated rings. The normalized spacial score (nSPS) is 44.2. The lowest BCUT2D eigenvalue weighted by atomic mass is 9.95. The Bertz CT molecular complexity index is 342. The third kappa shape index (κ3) is 2.96. The molecule has 2 aliphatic rings. The van der Waals surface area contributed by atoms with Gasteiger partial charge in [0.25, 0.3) is 0 Å². The van der Waals surface area contributed by atoms with E-state index in [0.29, 0.717) is 0 Å². The van der Waals surface area contributed by atoms with E-state index in [-0.39, 0.29) is 10.8 Å². The molecule has 110 valence electrons. The number of hydrogen-bond acceptors (Lipinski definition) is 7. The van der Waals surface area contributed by atoms with Crippen LogP contribution in [0.3, 0.4) is 0 Å². The van der Waals surface area contributed by atoms with Gasteiger partial charge in [0, 0.05) is 6.21 Å². The summed E-state index contributed by atoms with van der Waals surface area (Å²) in [5.74, 6) is 0. The molecule has 6 nitrogen and oxygen atoms in total. The Hall–Kier alpha value is -0.180. The van der Waals surface area contributed by atoms with E-state index in [2.05, 4.69) is 16.8 Å². The van der Waals surface area contributed by atoms with Crippen molar-refractivity contribution in [3.05, 3.63) is 0 Å². The molecule has 0 aromatic carbocycles. The van der Waals surface area contributed by atoms with Crippen molar-refractivity contribution in [1.82, 2.24) is 4.90 Å². The van der Waals surface area contributed by atoms with Crippen molar-refractivity contribution in [1.29, 1.82) is 0 Å². The highest BCUT2D eigenvalue weighted by Gasteiger charge is 2.48. The van der Waals surface area contributed by atoms with Crippen LogP contribution in [0.25, 0.3) is 0 Å². The van der Waals surface area contributed by atoms with Gasteiger partial charge in [0.05, 0.1) is 11.5 Å². The molecule has 0 bridgehead atoms. The molecule has 3 N–H and O–H groups in total. The standard InChI is InChI=1S/C12H22N2O4S/c1-4-14(3)7-5-13-8-9(16)10(17)11(6(2)15)18-12(8)19-7/h5-12,15-17H,4H2,1-3H3/t6-,7?,8?,9?,10-,11+,12?/m0/s1. The van der Waals surface area contributed by atoms with Crippen molar-refractivity contribution in [2.45, 2.75) is 55.1 Å². The van der Waals surface area contributed by atoms with Crippen LogP contribution < -0.4 is 0 Å². The summed E-state index contributed by atoms with van der Waals surface area (Å²) >= 11 is 1.55. The molecule has 7 heteroatoms. The van der Waals surface area contributed by atoms with Gasteiger partial charge in [-0.25, -0.2) is 0 Å². The molecule has 0 radical (unpaired) electrons. The van der Waals surface area contributed by atoms with Crippen LogP contribution >= 0.6 is 11.8 Å². The zero-order valence-corrected chi connectivity index (χ0v) is 12.2. The minimum atomic E-state index is -1.11. The minimum absolute atomic E-state index is 0.0864. The van der Waals surface area contributed by atoms with Crippen molar-refractivity contribution < 1.29 is 20.1 Å². The second kappa shape index (κ2) is 6.07. The SMILES string of the molecule is CCN(C)C1C=NC2C(O[C@H]([C@H](C)O)[C@@H](O)C2O)S1. The number of ether oxygens (including phenoxy) is 1. The maximum absolute atomic E-state index is 10.1. The second-order valence-electron chi connectivity index (χ2n) is 5.08. The lowest BCUT2D eigenvalue weighted by Gasteiger charge is -2.45. The maximum atomic E-state index is 10.1. The zero-order valence-electron chi connectivity index (χ0n) is 11.4. The molecular formula is C12H22N2O4S. The molecular weight excluding hydrogens is 268 g/mol. The van der Waals surface area contributed by atoms with Crippen LogP contribution in [0.2, 0.25) is 0 Å². The van der Waals surface area contributed by atoms with E-state index in [0.717, 1.165) is 6.54 Å². The number of rotatable bonds is 3. The van der Waals surface area contributed by atoms with Crippen molar-refractivity contribution in [3.8, 4) is 0 Å². The van der Waals surface area contributed by atoms with Crippen LogP contribution in [0, 0.1) is 0 Å². The molecule has 2 aliphatic heterocycles. The van der Waals surface area contributed by atoms with Gasteiger partial charge in [0.2, 0.25) is 0 Å². The highest BCUT2D eigenvalue weighted by molar-refractivity contribution is 8.01. The fourth-order valence-corrected chi connectivity index (χ4v) is 3.64. The number of nitrogens with zero attached hydrogens (tertiary/aromatic N) is 2. The molecule has 4 unspecified atom stereocenters. The van der Waals surface area contributed by atoms with Gasteiger partial charge < -0.3 is 20.1 Å². The number of aliphatic hydroxyl groups excluding tert-OH is 3. The van der Waals surface area contributed by atoms with Gasteiger partial charge in [-0.1, -0.05) is 6.92 Å². The van der Waals surface area contributed by atoms with Crippen LogP contribution in [0.1, 0.15) is 13.8 Å². The topological polar surface area (TPSA) is 85.5 Å². The van der Waals surface area contributed by atoms with Gasteiger partial charge >= 0.3 is 0 Å². The quantitative estimate of drug-likeness (QED) is 0.636. The Kier molecular flexibility index (Phi) is 4.86. The van der Waals surface area contributed by atoms with Gasteiger partial charge in [-0.3, -0.25) is 9.89 Å². The van der Waals surface area contributed by atoms with Crippen LogP contribution in [-0.4, -0.2) is 81.3 Å². The summed E-state index contributed by atoms with van der Waals surface area (Å²) in [4.78, 5) is 6.44. The molecule has 2 heterocycles. The van der Waals surface area contributed by atoms with Gasteiger partial charge in [0.15, 0.2) is 0 Å². The summed E-state index contributed by atoms with van der Waals surface area (Å²) in [6.07, 6.45) is -1.93. The molecule has 0 saturated carbocycles. The Labute approximate surface area is 117 Å². The van der Waals surface area contributed by atoms with Gasteiger partial charge in [0.1, 0.15) is 29.8 Å². The predicted molar refractivity (Wildman–Crippen MR) is 74.3 cm³/mol. The molecule has 0 aromatic rings. The fraction of sp³-hybridized carbons (Fsp3) is 0.917. The smallest absolute Gasteiger partial charge is 0.130 e. The maximum Gasteiger partial charge on any atom is 0.130 e. The van der Waals surface area contributed by atoms with E-state index < -0.39 is 30.5 Å². The molecule has 7 atom stereocenters. The van der Waals surface area contributed by atoms with Crippen LogP contribution in [0.4, 0.5) is 0 Å². The first-order valence-electron chi connectivity index (χ1n) is 6.54. The number of fused-ring (bicyclic) bond motifs is 1. The molecule has 2 rings (SSSR count). The molecule has 0 aliphatic carbocycles. The number of aliphatic imine (C=N–C) groups is 1. The van der Waals surface area contributed by atoms with E-state index in [9.17, 15) is 15.3 Å². The van der Waals surface area contributed by atoms with Crippen LogP contribution in [0.5, 0.6) is 0 Å².